The molecule has 1 heterocycles. The first-order valence-corrected chi connectivity index (χ1v) is 11.4. The van der Waals surface area contributed by atoms with Crippen LogP contribution in [-0.2, 0) is 11.2 Å². The van der Waals surface area contributed by atoms with Gasteiger partial charge < -0.3 is 10.0 Å². The number of carbonyl (C=O) groups is 2. The Kier molecular flexibility index (Phi) is 7.09. The summed E-state index contributed by atoms with van der Waals surface area (Å²) < 4.78 is 0. The number of carboxylic acid groups (broad SMARTS) is 1. The van der Waals surface area contributed by atoms with E-state index in [4.69, 9.17) is 16.7 Å². The summed E-state index contributed by atoms with van der Waals surface area (Å²) in [7, 11) is 1.68. The average Bonchev–Trinajstić information content (AvgIpc) is 2.87. The fourth-order valence-corrected chi connectivity index (χ4v) is 4.24. The number of carboxylic acids is 1. The number of amides is 1. The standard InChI is InChI=1S/C28H22ClN3O3/c1-32(25-11-5-3-7-18(25)9-6-12-26(33)34)28(35)20-13-14-23(29)22(16-20)27-21(17-30)15-19-8-2-4-10-24(19)31-27/h2-5,7-8,10-11,13-16H,6,9,12H2,1H3,(H,33,34). The number of aliphatic carboxylic acids is 1. The Morgan fingerprint density at radius 3 is 2.57 bits per heavy atom. The molecule has 3 aromatic carbocycles. The summed E-state index contributed by atoms with van der Waals surface area (Å²) >= 11 is 6.50. The van der Waals surface area contributed by atoms with E-state index in [1.54, 1.807) is 36.2 Å². The van der Waals surface area contributed by atoms with Gasteiger partial charge in [0.15, 0.2) is 0 Å². The molecule has 0 aliphatic carbocycles. The van der Waals surface area contributed by atoms with Gasteiger partial charge in [-0.15, -0.1) is 0 Å². The molecule has 1 amide bonds. The number of nitriles is 1. The molecule has 0 aliphatic rings. The number of anilines is 1. The Morgan fingerprint density at radius 1 is 1.06 bits per heavy atom. The summed E-state index contributed by atoms with van der Waals surface area (Å²) in [6, 6.07) is 23.8. The highest BCUT2D eigenvalue weighted by molar-refractivity contribution is 6.33. The van der Waals surface area contributed by atoms with Crippen molar-refractivity contribution in [3.05, 3.63) is 94.5 Å². The molecule has 0 bridgehead atoms. The van der Waals surface area contributed by atoms with Crippen molar-refractivity contribution in [1.82, 2.24) is 4.98 Å². The number of hydrogen-bond acceptors (Lipinski definition) is 4. The number of fused-ring (bicyclic) bond motifs is 1. The van der Waals surface area contributed by atoms with Gasteiger partial charge in [0.2, 0.25) is 0 Å². The topological polar surface area (TPSA) is 94.3 Å². The Bertz CT molecular complexity index is 1480. The lowest BCUT2D eigenvalue weighted by molar-refractivity contribution is -0.137. The van der Waals surface area contributed by atoms with Gasteiger partial charge in [0.1, 0.15) is 6.07 Å². The van der Waals surface area contributed by atoms with Crippen LogP contribution in [0.5, 0.6) is 0 Å². The molecule has 0 radical (unpaired) electrons. The molecule has 0 aliphatic heterocycles. The molecule has 0 atom stereocenters. The van der Waals surface area contributed by atoms with Gasteiger partial charge in [-0.1, -0.05) is 48.0 Å². The van der Waals surface area contributed by atoms with Crippen LogP contribution in [0, 0.1) is 11.3 Å². The molecule has 35 heavy (non-hydrogen) atoms. The normalized spacial score (nSPS) is 10.7. The fraction of sp³-hybridized carbons (Fsp3) is 0.143. The van der Waals surface area contributed by atoms with Crippen molar-refractivity contribution in [3.8, 4) is 17.3 Å². The zero-order valence-corrected chi connectivity index (χ0v) is 19.8. The largest absolute Gasteiger partial charge is 0.481 e. The van der Waals surface area contributed by atoms with Crippen LogP contribution in [0.25, 0.3) is 22.2 Å². The molecule has 1 N–H and O–H groups in total. The molecule has 4 aromatic rings. The second-order valence-corrected chi connectivity index (χ2v) is 8.53. The molecule has 0 fully saturated rings. The number of aromatic nitrogens is 1. The van der Waals surface area contributed by atoms with E-state index in [-0.39, 0.29) is 12.3 Å². The number of rotatable bonds is 7. The zero-order valence-electron chi connectivity index (χ0n) is 19.0. The minimum absolute atomic E-state index is 0.0620. The highest BCUT2D eigenvalue weighted by Gasteiger charge is 2.20. The minimum atomic E-state index is -0.848. The first-order valence-electron chi connectivity index (χ1n) is 11.1. The van der Waals surface area contributed by atoms with Crippen LogP contribution < -0.4 is 4.90 Å². The van der Waals surface area contributed by atoms with Crippen LogP contribution in [0.1, 0.15) is 34.3 Å². The fourth-order valence-electron chi connectivity index (χ4n) is 4.03. The van der Waals surface area contributed by atoms with Crippen LogP contribution >= 0.6 is 11.6 Å². The van der Waals surface area contributed by atoms with E-state index >= 15 is 0 Å². The van der Waals surface area contributed by atoms with E-state index in [0.717, 1.165) is 16.5 Å². The van der Waals surface area contributed by atoms with Crippen molar-refractivity contribution in [2.24, 2.45) is 0 Å². The van der Waals surface area contributed by atoms with Crippen LogP contribution in [0.2, 0.25) is 5.02 Å². The van der Waals surface area contributed by atoms with Crippen LogP contribution in [0.4, 0.5) is 5.69 Å². The van der Waals surface area contributed by atoms with Gasteiger partial charge in [-0.05, 0) is 54.8 Å². The van der Waals surface area contributed by atoms with E-state index in [2.05, 4.69) is 11.1 Å². The smallest absolute Gasteiger partial charge is 0.303 e. The summed E-state index contributed by atoms with van der Waals surface area (Å²) in [5.74, 6) is -1.10. The highest BCUT2D eigenvalue weighted by Crippen LogP contribution is 2.33. The van der Waals surface area contributed by atoms with E-state index < -0.39 is 5.97 Å². The van der Waals surface area contributed by atoms with Crippen molar-refractivity contribution in [1.29, 1.82) is 5.26 Å². The van der Waals surface area contributed by atoms with Crippen molar-refractivity contribution in [2.45, 2.75) is 19.3 Å². The molecular formula is C28H22ClN3O3. The number of hydrogen-bond donors (Lipinski definition) is 1. The predicted molar refractivity (Wildman–Crippen MR) is 137 cm³/mol. The summed E-state index contributed by atoms with van der Waals surface area (Å²) in [6.45, 7) is 0. The maximum atomic E-state index is 13.4. The van der Waals surface area contributed by atoms with Crippen LogP contribution in [0.3, 0.4) is 0 Å². The summed E-state index contributed by atoms with van der Waals surface area (Å²) in [5.41, 5.74) is 4.01. The maximum absolute atomic E-state index is 13.4. The minimum Gasteiger partial charge on any atom is -0.481 e. The Labute approximate surface area is 208 Å². The van der Waals surface area contributed by atoms with Gasteiger partial charge in [-0.2, -0.15) is 5.26 Å². The molecular weight excluding hydrogens is 462 g/mol. The lowest BCUT2D eigenvalue weighted by atomic mass is 10.0. The Morgan fingerprint density at radius 2 is 1.80 bits per heavy atom. The van der Waals surface area contributed by atoms with Crippen molar-refractivity contribution >= 4 is 40.1 Å². The summed E-state index contributed by atoms with van der Waals surface area (Å²) in [5, 5.41) is 19.9. The number of pyridine rings is 1. The number of para-hydroxylation sites is 2. The number of halogens is 1. The van der Waals surface area contributed by atoms with Crippen molar-refractivity contribution in [2.75, 3.05) is 11.9 Å². The molecule has 0 spiro atoms. The van der Waals surface area contributed by atoms with Crippen LogP contribution in [-0.4, -0.2) is 29.0 Å². The molecule has 6 nitrogen and oxygen atoms in total. The van der Waals surface area contributed by atoms with Crippen molar-refractivity contribution < 1.29 is 14.7 Å². The van der Waals surface area contributed by atoms with Crippen molar-refractivity contribution in [3.63, 3.8) is 0 Å². The van der Waals surface area contributed by atoms with E-state index in [0.29, 0.717) is 45.9 Å². The molecule has 4 rings (SSSR count). The lowest BCUT2D eigenvalue weighted by Crippen LogP contribution is -2.27. The second-order valence-electron chi connectivity index (χ2n) is 8.12. The lowest BCUT2D eigenvalue weighted by Gasteiger charge is -2.21. The molecule has 174 valence electrons. The van der Waals surface area contributed by atoms with Gasteiger partial charge in [-0.25, -0.2) is 4.98 Å². The first kappa shape index (κ1) is 23.9. The summed E-state index contributed by atoms with van der Waals surface area (Å²) in [6.07, 6.45) is 1.08. The Balaban J connectivity index is 1.70. The van der Waals surface area contributed by atoms with E-state index in [1.165, 1.54) is 0 Å². The third-order valence-corrected chi connectivity index (χ3v) is 6.14. The highest BCUT2D eigenvalue weighted by atomic mass is 35.5. The quantitative estimate of drug-likeness (QED) is 0.342. The Hall–Kier alpha value is -4.21. The van der Waals surface area contributed by atoms with Crippen LogP contribution in [0.15, 0.2) is 72.8 Å². The third-order valence-electron chi connectivity index (χ3n) is 5.81. The van der Waals surface area contributed by atoms with Gasteiger partial charge >= 0.3 is 5.97 Å². The zero-order chi connectivity index (χ0) is 24.9. The molecule has 7 heteroatoms. The monoisotopic (exact) mass is 483 g/mol. The molecule has 0 unspecified atom stereocenters. The predicted octanol–water partition coefficient (Wildman–Crippen LogP) is 6.11. The average molecular weight is 484 g/mol. The molecule has 0 saturated heterocycles. The SMILES string of the molecule is CN(C(=O)c1ccc(Cl)c(-c2nc3ccccc3cc2C#N)c1)c1ccccc1CCCC(=O)O. The molecule has 1 aromatic heterocycles. The van der Waals surface area contributed by atoms with Gasteiger partial charge in [0.25, 0.3) is 5.91 Å². The van der Waals surface area contributed by atoms with Gasteiger partial charge in [-0.3, -0.25) is 9.59 Å². The van der Waals surface area contributed by atoms with Gasteiger partial charge in [0, 0.05) is 35.7 Å². The number of nitrogens with zero attached hydrogens (tertiary/aromatic N) is 3. The number of carbonyl (C=O) groups excluding carboxylic acids is 1. The maximum Gasteiger partial charge on any atom is 0.303 e. The third kappa shape index (κ3) is 5.16. The number of aryl methyl sites for hydroxylation is 1. The van der Waals surface area contributed by atoms with E-state index in [9.17, 15) is 14.9 Å². The summed E-state index contributed by atoms with van der Waals surface area (Å²) in [4.78, 5) is 30.5. The first-order chi connectivity index (χ1) is 16.9. The van der Waals surface area contributed by atoms with Gasteiger partial charge in [0.05, 0.1) is 21.8 Å². The number of benzene rings is 3. The second kappa shape index (κ2) is 10.4. The molecule has 0 saturated carbocycles. The van der Waals surface area contributed by atoms with E-state index in [1.807, 2.05) is 48.5 Å².